The highest BCUT2D eigenvalue weighted by atomic mass is 16.5. The van der Waals surface area contributed by atoms with Gasteiger partial charge < -0.3 is 24.8 Å². The van der Waals surface area contributed by atoms with Crippen molar-refractivity contribution in [3.63, 3.8) is 0 Å². The lowest BCUT2D eigenvalue weighted by atomic mass is 10.1. The number of esters is 2. The van der Waals surface area contributed by atoms with Crippen LogP contribution in [0.1, 0.15) is 10.4 Å². The van der Waals surface area contributed by atoms with Crippen molar-refractivity contribution in [1.82, 2.24) is 5.32 Å². The van der Waals surface area contributed by atoms with Gasteiger partial charge in [-0.1, -0.05) is 30.3 Å². The molecule has 0 aliphatic rings. The third kappa shape index (κ3) is 6.69. The predicted molar refractivity (Wildman–Crippen MR) is 106 cm³/mol. The van der Waals surface area contributed by atoms with E-state index in [1.54, 1.807) is 24.3 Å². The van der Waals surface area contributed by atoms with E-state index in [0.717, 1.165) is 6.08 Å². The van der Waals surface area contributed by atoms with E-state index in [-0.39, 0.29) is 23.7 Å². The second kappa shape index (κ2) is 11.1. The van der Waals surface area contributed by atoms with E-state index in [1.165, 1.54) is 14.2 Å². The fourth-order valence-corrected chi connectivity index (χ4v) is 2.31. The minimum absolute atomic E-state index is 0.160. The lowest BCUT2D eigenvalue weighted by Crippen LogP contribution is -2.29. The fourth-order valence-electron chi connectivity index (χ4n) is 2.31. The third-order valence-electron chi connectivity index (χ3n) is 3.71. The van der Waals surface area contributed by atoms with E-state index in [4.69, 9.17) is 4.74 Å². The summed E-state index contributed by atoms with van der Waals surface area (Å²) in [5.74, 6) is -1.17. The molecule has 2 aromatic carbocycles. The summed E-state index contributed by atoms with van der Waals surface area (Å²) in [6, 6.07) is 15.8. The highest BCUT2D eigenvalue weighted by Gasteiger charge is 2.17. The molecule has 2 rings (SSSR count). The Morgan fingerprint density at radius 2 is 1.62 bits per heavy atom. The quantitative estimate of drug-likeness (QED) is 0.379. The number of anilines is 1. The first-order valence-corrected chi connectivity index (χ1v) is 8.75. The molecular formula is C21H22N2O6. The van der Waals surface area contributed by atoms with Gasteiger partial charge in [0.2, 0.25) is 0 Å². The topological polar surface area (TPSA) is 103 Å². The van der Waals surface area contributed by atoms with Crippen molar-refractivity contribution >= 4 is 23.5 Å². The van der Waals surface area contributed by atoms with Crippen LogP contribution < -0.4 is 15.4 Å². The van der Waals surface area contributed by atoms with Crippen LogP contribution in [0.3, 0.4) is 0 Å². The lowest BCUT2D eigenvalue weighted by molar-refractivity contribution is -0.138. The van der Waals surface area contributed by atoms with Crippen LogP contribution in [0, 0.1) is 0 Å². The molecule has 0 saturated carbocycles. The van der Waals surface area contributed by atoms with E-state index in [0.29, 0.717) is 18.0 Å². The molecule has 29 heavy (non-hydrogen) atoms. The van der Waals surface area contributed by atoms with Crippen LogP contribution in [-0.4, -0.2) is 45.2 Å². The number of hydrogen-bond acceptors (Lipinski definition) is 7. The Labute approximate surface area is 168 Å². The summed E-state index contributed by atoms with van der Waals surface area (Å²) in [5, 5.41) is 5.50. The van der Waals surface area contributed by atoms with Crippen LogP contribution in [0.15, 0.2) is 66.4 Å². The summed E-state index contributed by atoms with van der Waals surface area (Å²) in [4.78, 5) is 36.0. The van der Waals surface area contributed by atoms with Crippen LogP contribution in [0.2, 0.25) is 0 Å². The summed E-state index contributed by atoms with van der Waals surface area (Å²) in [5.41, 5.74) is 0.452. The number of carbonyl (C=O) groups is 3. The second-order valence-electron chi connectivity index (χ2n) is 5.66. The molecule has 152 valence electrons. The van der Waals surface area contributed by atoms with E-state index >= 15 is 0 Å². The van der Waals surface area contributed by atoms with Gasteiger partial charge in [0, 0.05) is 0 Å². The Balaban J connectivity index is 2.04. The van der Waals surface area contributed by atoms with Crippen molar-refractivity contribution in [2.75, 3.05) is 32.7 Å². The molecule has 0 aromatic heterocycles. The Kier molecular flexibility index (Phi) is 8.25. The minimum Gasteiger partial charge on any atom is -0.492 e. The van der Waals surface area contributed by atoms with Gasteiger partial charge in [0.05, 0.1) is 38.1 Å². The zero-order valence-electron chi connectivity index (χ0n) is 16.1. The normalized spacial score (nSPS) is 10.6. The number of carbonyl (C=O) groups excluding carboxylic acids is 3. The zero-order chi connectivity index (χ0) is 21.1. The number of rotatable bonds is 9. The smallest absolute Gasteiger partial charge is 0.354 e. The van der Waals surface area contributed by atoms with Crippen LogP contribution in [0.5, 0.6) is 5.75 Å². The number of amides is 1. The molecule has 0 unspecified atom stereocenters. The molecule has 0 bridgehead atoms. The summed E-state index contributed by atoms with van der Waals surface area (Å²) in [6.07, 6.45) is 0.953. The van der Waals surface area contributed by atoms with E-state index < -0.39 is 11.9 Å². The van der Waals surface area contributed by atoms with Crippen molar-refractivity contribution in [3.05, 3.63) is 71.9 Å². The monoisotopic (exact) mass is 398 g/mol. The zero-order valence-corrected chi connectivity index (χ0v) is 16.1. The Morgan fingerprint density at radius 3 is 2.31 bits per heavy atom. The van der Waals surface area contributed by atoms with E-state index in [1.807, 2.05) is 30.3 Å². The molecule has 8 heteroatoms. The summed E-state index contributed by atoms with van der Waals surface area (Å²) < 4.78 is 14.7. The van der Waals surface area contributed by atoms with Crippen molar-refractivity contribution in [2.45, 2.75) is 0 Å². The highest BCUT2D eigenvalue weighted by molar-refractivity contribution is 6.03. The first-order chi connectivity index (χ1) is 14.0. The molecule has 0 aliphatic carbocycles. The number of methoxy groups -OCH3 is 2. The van der Waals surface area contributed by atoms with Gasteiger partial charge >= 0.3 is 11.9 Å². The van der Waals surface area contributed by atoms with Crippen molar-refractivity contribution < 1.29 is 28.6 Å². The number of benzene rings is 2. The van der Waals surface area contributed by atoms with Gasteiger partial charge in [-0.15, -0.1) is 0 Å². The molecule has 0 fully saturated rings. The molecular weight excluding hydrogens is 376 g/mol. The van der Waals surface area contributed by atoms with E-state index in [2.05, 4.69) is 20.1 Å². The molecule has 0 atom stereocenters. The summed E-state index contributed by atoms with van der Waals surface area (Å²) in [6.45, 7) is 0.574. The molecule has 8 nitrogen and oxygen atoms in total. The predicted octanol–water partition coefficient (Wildman–Crippen LogP) is 2.14. The van der Waals surface area contributed by atoms with Crippen LogP contribution in [0.25, 0.3) is 0 Å². The average Bonchev–Trinajstić information content (AvgIpc) is 2.76. The average molecular weight is 398 g/mol. The van der Waals surface area contributed by atoms with Crippen molar-refractivity contribution in [3.8, 4) is 5.75 Å². The van der Waals surface area contributed by atoms with Gasteiger partial charge in [-0.25, -0.2) is 9.59 Å². The SMILES string of the molecule is COC(=O)/C=C(/Nc1ccccc1C(=O)NCCOc1ccccc1)C(=O)OC. The van der Waals surface area contributed by atoms with Gasteiger partial charge in [0.25, 0.3) is 5.91 Å². The van der Waals surface area contributed by atoms with Crippen molar-refractivity contribution in [2.24, 2.45) is 0 Å². The molecule has 0 saturated heterocycles. The largest absolute Gasteiger partial charge is 0.492 e. The number of hydrogen-bond donors (Lipinski definition) is 2. The molecule has 0 spiro atoms. The Morgan fingerprint density at radius 1 is 0.931 bits per heavy atom. The summed E-state index contributed by atoms with van der Waals surface area (Å²) in [7, 11) is 2.37. The Bertz CT molecular complexity index is 880. The van der Waals surface area contributed by atoms with Gasteiger partial charge in [-0.2, -0.15) is 0 Å². The maximum Gasteiger partial charge on any atom is 0.354 e. The molecule has 0 heterocycles. The standard InChI is InChI=1S/C21H22N2O6/c1-27-19(24)14-18(21(26)28-2)23-17-11-7-6-10-16(17)20(25)22-12-13-29-15-8-4-3-5-9-15/h3-11,14,23H,12-13H2,1-2H3,(H,22,25)/b18-14+. The maximum atomic E-state index is 12.5. The Hall–Kier alpha value is -3.81. The number of para-hydroxylation sites is 2. The van der Waals surface area contributed by atoms with Gasteiger partial charge in [-0.05, 0) is 24.3 Å². The minimum atomic E-state index is -0.776. The first-order valence-electron chi connectivity index (χ1n) is 8.75. The maximum absolute atomic E-state index is 12.5. The highest BCUT2D eigenvalue weighted by Crippen LogP contribution is 2.18. The molecule has 1 amide bonds. The van der Waals surface area contributed by atoms with Gasteiger partial charge in [0.1, 0.15) is 18.1 Å². The van der Waals surface area contributed by atoms with Gasteiger partial charge in [-0.3, -0.25) is 4.79 Å². The van der Waals surface area contributed by atoms with Crippen molar-refractivity contribution in [1.29, 1.82) is 0 Å². The van der Waals surface area contributed by atoms with Crippen LogP contribution >= 0.6 is 0 Å². The first kappa shape index (κ1) is 21.5. The molecule has 0 aliphatic heterocycles. The molecule has 2 N–H and O–H groups in total. The third-order valence-corrected chi connectivity index (χ3v) is 3.71. The summed E-state index contributed by atoms with van der Waals surface area (Å²) >= 11 is 0. The fraction of sp³-hybridized carbons (Fsp3) is 0.190. The second-order valence-corrected chi connectivity index (χ2v) is 5.66. The van der Waals surface area contributed by atoms with Crippen LogP contribution in [-0.2, 0) is 19.1 Å². The van der Waals surface area contributed by atoms with Gasteiger partial charge in [0.15, 0.2) is 0 Å². The number of nitrogens with one attached hydrogen (secondary N) is 2. The van der Waals surface area contributed by atoms with E-state index in [9.17, 15) is 14.4 Å². The molecule has 0 radical (unpaired) electrons. The lowest BCUT2D eigenvalue weighted by Gasteiger charge is -2.14. The number of ether oxygens (including phenoxy) is 3. The van der Waals surface area contributed by atoms with Crippen LogP contribution in [0.4, 0.5) is 5.69 Å². The molecule has 2 aromatic rings.